The third kappa shape index (κ3) is 3.47. The molecule has 0 spiro atoms. The topological polar surface area (TPSA) is 77.8 Å². The second-order valence-electron chi connectivity index (χ2n) is 6.86. The van der Waals surface area contributed by atoms with Gasteiger partial charge in [0.25, 0.3) is 5.91 Å². The van der Waals surface area contributed by atoms with Crippen LogP contribution in [0.2, 0.25) is 0 Å². The fourth-order valence-electron chi connectivity index (χ4n) is 2.70. The molecule has 22 heavy (non-hydrogen) atoms. The Morgan fingerprint density at radius 1 is 1.18 bits per heavy atom. The monoisotopic (exact) mass is 305 g/mol. The molecule has 1 aromatic carbocycles. The van der Waals surface area contributed by atoms with Crippen LogP contribution in [-0.2, 0) is 10.2 Å². The van der Waals surface area contributed by atoms with Gasteiger partial charge in [-0.1, -0.05) is 32.9 Å². The molecule has 2 rings (SSSR count). The van der Waals surface area contributed by atoms with Crippen molar-refractivity contribution in [2.24, 2.45) is 0 Å². The largest absolute Gasteiger partial charge is 0.480 e. The van der Waals surface area contributed by atoms with Crippen LogP contribution in [0.1, 0.15) is 49.5 Å². The van der Waals surface area contributed by atoms with E-state index in [2.05, 4.69) is 20.8 Å². The number of hydrogen-bond donors (Lipinski definition) is 2. The minimum absolute atomic E-state index is 0.000408. The van der Waals surface area contributed by atoms with Crippen molar-refractivity contribution in [3.05, 3.63) is 35.4 Å². The Morgan fingerprint density at radius 3 is 2.27 bits per heavy atom. The lowest BCUT2D eigenvalue weighted by Gasteiger charge is -2.35. The normalized spacial score (nSPS) is 22.5. The minimum Gasteiger partial charge on any atom is -0.480 e. The number of piperidine rings is 1. The average Bonchev–Trinajstić information content (AvgIpc) is 2.45. The molecule has 5 heteroatoms. The number of benzene rings is 1. The van der Waals surface area contributed by atoms with E-state index in [0.29, 0.717) is 12.0 Å². The number of carboxylic acids is 1. The van der Waals surface area contributed by atoms with Gasteiger partial charge in [-0.05, 0) is 29.5 Å². The summed E-state index contributed by atoms with van der Waals surface area (Å²) in [7, 11) is 0. The summed E-state index contributed by atoms with van der Waals surface area (Å²) in [6.07, 6.45) is -0.162. The van der Waals surface area contributed by atoms with Gasteiger partial charge in [-0.25, -0.2) is 4.79 Å². The van der Waals surface area contributed by atoms with Gasteiger partial charge in [-0.2, -0.15) is 0 Å². The summed E-state index contributed by atoms with van der Waals surface area (Å²) < 4.78 is 0. The molecule has 2 atom stereocenters. The summed E-state index contributed by atoms with van der Waals surface area (Å²) in [6, 6.07) is 6.34. The van der Waals surface area contributed by atoms with Crippen molar-refractivity contribution in [2.75, 3.05) is 6.54 Å². The van der Waals surface area contributed by atoms with Crippen LogP contribution < -0.4 is 0 Å². The maximum absolute atomic E-state index is 12.6. The van der Waals surface area contributed by atoms with Crippen molar-refractivity contribution in [1.29, 1.82) is 0 Å². The molecule has 1 amide bonds. The van der Waals surface area contributed by atoms with Gasteiger partial charge in [0.1, 0.15) is 6.04 Å². The molecule has 0 unspecified atom stereocenters. The number of rotatable bonds is 2. The first-order chi connectivity index (χ1) is 10.2. The number of hydrogen-bond acceptors (Lipinski definition) is 3. The van der Waals surface area contributed by atoms with Gasteiger partial charge in [0.2, 0.25) is 0 Å². The van der Waals surface area contributed by atoms with Crippen LogP contribution in [0.5, 0.6) is 0 Å². The number of carboxylic acid groups (broad SMARTS) is 1. The van der Waals surface area contributed by atoms with Crippen molar-refractivity contribution < 1.29 is 19.8 Å². The molecule has 0 bridgehead atoms. The third-order valence-electron chi connectivity index (χ3n) is 4.12. The smallest absolute Gasteiger partial charge is 0.326 e. The number of amides is 1. The summed E-state index contributed by atoms with van der Waals surface area (Å²) in [5, 5.41) is 18.9. The first-order valence-electron chi connectivity index (χ1n) is 7.52. The van der Waals surface area contributed by atoms with Crippen LogP contribution in [0.15, 0.2) is 24.3 Å². The third-order valence-corrected chi connectivity index (χ3v) is 4.12. The van der Waals surface area contributed by atoms with Gasteiger partial charge in [0, 0.05) is 18.5 Å². The number of carbonyl (C=O) groups excluding carboxylic acids is 1. The fraction of sp³-hybridized carbons (Fsp3) is 0.529. The molecule has 0 radical (unpaired) electrons. The fourth-order valence-corrected chi connectivity index (χ4v) is 2.70. The predicted octanol–water partition coefficient (Wildman–Crippen LogP) is 2.03. The van der Waals surface area contributed by atoms with Gasteiger partial charge < -0.3 is 15.1 Å². The molecule has 1 aliphatic rings. The molecule has 2 N–H and O–H groups in total. The molecule has 0 aliphatic carbocycles. The second-order valence-corrected chi connectivity index (χ2v) is 6.86. The van der Waals surface area contributed by atoms with Crippen LogP contribution in [0.25, 0.3) is 0 Å². The molecule has 1 fully saturated rings. The summed E-state index contributed by atoms with van der Waals surface area (Å²) >= 11 is 0. The lowest BCUT2D eigenvalue weighted by molar-refractivity contribution is -0.145. The summed E-state index contributed by atoms with van der Waals surface area (Å²) in [4.78, 5) is 25.2. The standard InChI is InChI=1S/C17H23NO4/c1-17(2,3)12-6-4-11(5-7-12)15(20)18-9-8-13(19)10-14(18)16(21)22/h4-7,13-14,19H,8-10H2,1-3H3,(H,21,22)/t13-,14+/m0/s1. The average molecular weight is 305 g/mol. The Balaban J connectivity index is 2.21. The van der Waals surface area contributed by atoms with Crippen LogP contribution in [0.4, 0.5) is 0 Å². The lowest BCUT2D eigenvalue weighted by Crippen LogP contribution is -2.51. The maximum Gasteiger partial charge on any atom is 0.326 e. The number of aliphatic hydroxyl groups is 1. The molecule has 120 valence electrons. The lowest BCUT2D eigenvalue weighted by atomic mass is 9.86. The SMILES string of the molecule is CC(C)(C)c1ccc(C(=O)N2CC[C@H](O)C[C@@H]2C(=O)O)cc1. The van der Waals surface area contributed by atoms with Crippen LogP contribution >= 0.6 is 0 Å². The maximum atomic E-state index is 12.6. The van der Waals surface area contributed by atoms with E-state index in [9.17, 15) is 19.8 Å². The zero-order valence-corrected chi connectivity index (χ0v) is 13.2. The van der Waals surface area contributed by atoms with Gasteiger partial charge in [-0.3, -0.25) is 4.79 Å². The van der Waals surface area contributed by atoms with Crippen LogP contribution in [0, 0.1) is 0 Å². The van der Waals surface area contributed by atoms with E-state index in [1.54, 1.807) is 12.1 Å². The Bertz CT molecular complexity index is 559. The molecule has 1 aliphatic heterocycles. The molecule has 1 saturated heterocycles. The minimum atomic E-state index is -1.07. The van der Waals surface area contributed by atoms with Crippen molar-refractivity contribution in [3.8, 4) is 0 Å². The zero-order valence-electron chi connectivity index (χ0n) is 13.2. The highest BCUT2D eigenvalue weighted by Crippen LogP contribution is 2.24. The van der Waals surface area contributed by atoms with Gasteiger partial charge in [0.05, 0.1) is 6.10 Å². The van der Waals surface area contributed by atoms with Crippen molar-refractivity contribution >= 4 is 11.9 Å². The van der Waals surface area contributed by atoms with Crippen LogP contribution in [0.3, 0.4) is 0 Å². The molecular formula is C17H23NO4. The van der Waals surface area contributed by atoms with Crippen molar-refractivity contribution in [2.45, 2.75) is 51.2 Å². The van der Waals surface area contributed by atoms with Crippen LogP contribution in [-0.4, -0.2) is 45.7 Å². The number of nitrogens with zero attached hydrogens (tertiary/aromatic N) is 1. The second kappa shape index (κ2) is 6.08. The number of carbonyl (C=O) groups is 2. The van der Waals surface area contributed by atoms with Crippen molar-refractivity contribution in [1.82, 2.24) is 4.90 Å². The highest BCUT2D eigenvalue weighted by molar-refractivity contribution is 5.96. The Hall–Kier alpha value is -1.88. The summed E-state index contributed by atoms with van der Waals surface area (Å²) in [5.74, 6) is -1.36. The summed E-state index contributed by atoms with van der Waals surface area (Å²) in [5.41, 5.74) is 1.60. The van der Waals surface area contributed by atoms with E-state index in [1.807, 2.05) is 12.1 Å². The van der Waals surface area contributed by atoms with Gasteiger partial charge >= 0.3 is 5.97 Å². The van der Waals surface area contributed by atoms with E-state index >= 15 is 0 Å². The number of likely N-dealkylation sites (tertiary alicyclic amines) is 1. The Kier molecular flexibility index (Phi) is 4.56. The van der Waals surface area contributed by atoms with Gasteiger partial charge in [0.15, 0.2) is 0 Å². The zero-order chi connectivity index (χ0) is 16.5. The molecule has 1 aromatic rings. The molecule has 1 heterocycles. The predicted molar refractivity (Wildman–Crippen MR) is 82.8 cm³/mol. The molecule has 0 saturated carbocycles. The first kappa shape index (κ1) is 16.5. The quantitative estimate of drug-likeness (QED) is 0.876. The molecular weight excluding hydrogens is 282 g/mol. The first-order valence-corrected chi connectivity index (χ1v) is 7.52. The molecule has 0 aromatic heterocycles. The van der Waals surface area contributed by atoms with Crippen molar-refractivity contribution in [3.63, 3.8) is 0 Å². The Morgan fingerprint density at radius 2 is 1.77 bits per heavy atom. The van der Waals surface area contributed by atoms with Gasteiger partial charge in [-0.15, -0.1) is 0 Å². The highest BCUT2D eigenvalue weighted by Gasteiger charge is 2.36. The van der Waals surface area contributed by atoms with E-state index in [4.69, 9.17) is 0 Å². The van der Waals surface area contributed by atoms with E-state index in [-0.39, 0.29) is 24.3 Å². The molecule has 5 nitrogen and oxygen atoms in total. The number of aliphatic hydroxyl groups excluding tert-OH is 1. The summed E-state index contributed by atoms with van der Waals surface area (Å²) in [6.45, 7) is 6.54. The van der Waals surface area contributed by atoms with E-state index < -0.39 is 18.1 Å². The highest BCUT2D eigenvalue weighted by atomic mass is 16.4. The van der Waals surface area contributed by atoms with E-state index in [0.717, 1.165) is 5.56 Å². The van der Waals surface area contributed by atoms with E-state index in [1.165, 1.54) is 4.90 Å². The Labute approximate surface area is 130 Å². The number of aliphatic carboxylic acids is 1.